The lowest BCUT2D eigenvalue weighted by Gasteiger charge is -2.33. The van der Waals surface area contributed by atoms with E-state index >= 15 is 0 Å². The standard InChI is InChI=1S/C9H13NO2/c1-6-7-2-3-9(12)10(7)5-4-8(6)11/h6-7H,2-5H2,1H3/t6-,7-/m0/s1. The summed E-state index contributed by atoms with van der Waals surface area (Å²) < 4.78 is 0. The molecule has 2 fully saturated rings. The Balaban J connectivity index is 2.19. The van der Waals surface area contributed by atoms with Crippen LogP contribution in [-0.4, -0.2) is 29.2 Å². The molecule has 0 aromatic rings. The highest BCUT2D eigenvalue weighted by atomic mass is 16.2. The van der Waals surface area contributed by atoms with E-state index in [2.05, 4.69) is 0 Å². The maximum Gasteiger partial charge on any atom is 0.222 e. The van der Waals surface area contributed by atoms with Crippen molar-refractivity contribution in [1.82, 2.24) is 4.90 Å². The smallest absolute Gasteiger partial charge is 0.222 e. The van der Waals surface area contributed by atoms with Crippen molar-refractivity contribution in [3.63, 3.8) is 0 Å². The van der Waals surface area contributed by atoms with Crippen molar-refractivity contribution in [2.45, 2.75) is 32.2 Å². The molecule has 2 atom stereocenters. The summed E-state index contributed by atoms with van der Waals surface area (Å²) in [5.74, 6) is 0.635. The predicted octanol–water partition coefficient (Wildman–Crippen LogP) is 0.586. The minimum Gasteiger partial charge on any atom is -0.339 e. The van der Waals surface area contributed by atoms with Gasteiger partial charge in [0.05, 0.1) is 0 Å². The van der Waals surface area contributed by atoms with Crippen molar-refractivity contribution in [3.05, 3.63) is 0 Å². The molecule has 0 saturated carbocycles. The average Bonchev–Trinajstić information content (AvgIpc) is 2.41. The summed E-state index contributed by atoms with van der Waals surface area (Å²) in [6.45, 7) is 2.60. The summed E-state index contributed by atoms with van der Waals surface area (Å²) >= 11 is 0. The average molecular weight is 167 g/mol. The van der Waals surface area contributed by atoms with E-state index in [0.29, 0.717) is 25.2 Å². The molecule has 1 amide bonds. The van der Waals surface area contributed by atoms with Gasteiger partial charge >= 0.3 is 0 Å². The predicted molar refractivity (Wildman–Crippen MR) is 43.5 cm³/mol. The summed E-state index contributed by atoms with van der Waals surface area (Å²) in [5.41, 5.74) is 0. The zero-order valence-corrected chi connectivity index (χ0v) is 7.25. The van der Waals surface area contributed by atoms with Crippen molar-refractivity contribution in [2.75, 3.05) is 6.54 Å². The van der Waals surface area contributed by atoms with E-state index in [0.717, 1.165) is 6.42 Å². The summed E-state index contributed by atoms with van der Waals surface area (Å²) in [7, 11) is 0. The first kappa shape index (κ1) is 7.77. The summed E-state index contributed by atoms with van der Waals surface area (Å²) in [6.07, 6.45) is 2.08. The van der Waals surface area contributed by atoms with Crippen LogP contribution in [-0.2, 0) is 9.59 Å². The van der Waals surface area contributed by atoms with E-state index in [1.54, 1.807) is 0 Å². The lowest BCUT2D eigenvalue weighted by molar-refractivity contribution is -0.135. The number of carbonyl (C=O) groups is 2. The third-order valence-corrected chi connectivity index (χ3v) is 3.06. The zero-order valence-electron chi connectivity index (χ0n) is 7.25. The molecule has 12 heavy (non-hydrogen) atoms. The molecule has 0 N–H and O–H groups in total. The van der Waals surface area contributed by atoms with Crippen LogP contribution in [0.5, 0.6) is 0 Å². The molecule has 0 unspecified atom stereocenters. The van der Waals surface area contributed by atoms with Crippen LogP contribution in [0.3, 0.4) is 0 Å². The molecular formula is C9H13NO2. The van der Waals surface area contributed by atoms with Gasteiger partial charge in [-0.05, 0) is 6.42 Å². The van der Waals surface area contributed by atoms with Crippen molar-refractivity contribution < 1.29 is 9.59 Å². The van der Waals surface area contributed by atoms with Crippen LogP contribution in [0, 0.1) is 5.92 Å². The quantitative estimate of drug-likeness (QED) is 0.529. The highest BCUT2D eigenvalue weighted by Crippen LogP contribution is 2.29. The fourth-order valence-electron chi connectivity index (χ4n) is 2.24. The lowest BCUT2D eigenvalue weighted by Crippen LogP contribution is -2.46. The highest BCUT2D eigenvalue weighted by Gasteiger charge is 2.40. The molecule has 2 aliphatic rings. The first-order valence-electron chi connectivity index (χ1n) is 4.52. The summed E-state index contributed by atoms with van der Waals surface area (Å²) in [4.78, 5) is 24.5. The Kier molecular flexibility index (Phi) is 1.67. The van der Waals surface area contributed by atoms with Gasteiger partial charge in [-0.25, -0.2) is 0 Å². The van der Waals surface area contributed by atoms with Gasteiger partial charge in [-0.3, -0.25) is 9.59 Å². The van der Waals surface area contributed by atoms with Crippen molar-refractivity contribution >= 4 is 11.7 Å². The molecule has 2 rings (SSSR count). The van der Waals surface area contributed by atoms with E-state index in [1.807, 2.05) is 11.8 Å². The van der Waals surface area contributed by atoms with Crippen LogP contribution < -0.4 is 0 Å². The minimum atomic E-state index is 0.0743. The number of rotatable bonds is 0. The maximum absolute atomic E-state index is 11.3. The van der Waals surface area contributed by atoms with Crippen LogP contribution in [0.2, 0.25) is 0 Å². The van der Waals surface area contributed by atoms with Crippen LogP contribution in [0.4, 0.5) is 0 Å². The number of nitrogens with zero attached hydrogens (tertiary/aromatic N) is 1. The topological polar surface area (TPSA) is 37.4 Å². The molecule has 3 nitrogen and oxygen atoms in total. The van der Waals surface area contributed by atoms with Crippen LogP contribution in [0.15, 0.2) is 0 Å². The van der Waals surface area contributed by atoms with Gasteiger partial charge in [-0.15, -0.1) is 0 Å². The second kappa shape index (κ2) is 2.57. The number of amides is 1. The van der Waals surface area contributed by atoms with Gasteiger partial charge in [-0.1, -0.05) is 6.92 Å². The van der Waals surface area contributed by atoms with E-state index in [1.165, 1.54) is 0 Å². The third-order valence-electron chi connectivity index (χ3n) is 3.06. The van der Waals surface area contributed by atoms with Gasteiger partial charge < -0.3 is 4.90 Å². The maximum atomic E-state index is 11.3. The van der Waals surface area contributed by atoms with Crippen molar-refractivity contribution in [2.24, 2.45) is 5.92 Å². The Hall–Kier alpha value is -0.860. The molecule has 2 aliphatic heterocycles. The molecule has 0 aromatic heterocycles. The molecular weight excluding hydrogens is 154 g/mol. The Bertz CT molecular complexity index is 235. The van der Waals surface area contributed by atoms with Gasteiger partial charge in [0.25, 0.3) is 0 Å². The number of piperidine rings is 1. The first-order chi connectivity index (χ1) is 5.70. The molecule has 0 radical (unpaired) electrons. The number of hydrogen-bond acceptors (Lipinski definition) is 2. The fourth-order valence-corrected chi connectivity index (χ4v) is 2.24. The Morgan fingerprint density at radius 2 is 2.08 bits per heavy atom. The number of ketones is 1. The lowest BCUT2D eigenvalue weighted by atomic mass is 9.90. The molecule has 2 saturated heterocycles. The highest BCUT2D eigenvalue weighted by molar-refractivity contribution is 5.87. The number of fused-ring (bicyclic) bond motifs is 1. The van der Waals surface area contributed by atoms with E-state index in [4.69, 9.17) is 0 Å². The Labute approximate surface area is 71.7 Å². The van der Waals surface area contributed by atoms with Gasteiger partial charge in [-0.2, -0.15) is 0 Å². The molecule has 0 bridgehead atoms. The summed E-state index contributed by atoms with van der Waals surface area (Å²) in [6, 6.07) is 0.221. The molecule has 0 aliphatic carbocycles. The normalized spacial score (nSPS) is 35.6. The number of Topliss-reactive ketones (excluding diaryl/α,β-unsaturated/α-hetero) is 1. The van der Waals surface area contributed by atoms with Crippen LogP contribution in [0.1, 0.15) is 26.2 Å². The fraction of sp³-hybridized carbons (Fsp3) is 0.778. The number of carbonyl (C=O) groups excluding carboxylic acids is 2. The SMILES string of the molecule is C[C@@H]1C(=O)CCN2C(=O)CC[C@@H]12. The molecule has 0 aromatic carbocycles. The van der Waals surface area contributed by atoms with E-state index in [9.17, 15) is 9.59 Å². The van der Waals surface area contributed by atoms with E-state index in [-0.39, 0.29) is 17.9 Å². The van der Waals surface area contributed by atoms with Crippen molar-refractivity contribution in [1.29, 1.82) is 0 Å². The third kappa shape index (κ3) is 0.958. The number of hydrogen-bond donors (Lipinski definition) is 0. The Morgan fingerprint density at radius 3 is 2.83 bits per heavy atom. The molecule has 3 heteroatoms. The second-order valence-electron chi connectivity index (χ2n) is 3.70. The van der Waals surface area contributed by atoms with Crippen LogP contribution >= 0.6 is 0 Å². The van der Waals surface area contributed by atoms with E-state index < -0.39 is 0 Å². The van der Waals surface area contributed by atoms with Crippen LogP contribution in [0.25, 0.3) is 0 Å². The molecule has 66 valence electrons. The molecule has 2 heterocycles. The summed E-state index contributed by atoms with van der Waals surface area (Å²) in [5, 5.41) is 0. The van der Waals surface area contributed by atoms with Gasteiger partial charge in [0.15, 0.2) is 0 Å². The largest absolute Gasteiger partial charge is 0.339 e. The Morgan fingerprint density at radius 1 is 1.33 bits per heavy atom. The van der Waals surface area contributed by atoms with Gasteiger partial charge in [0.2, 0.25) is 5.91 Å². The molecule has 0 spiro atoms. The van der Waals surface area contributed by atoms with Gasteiger partial charge in [0.1, 0.15) is 5.78 Å². The van der Waals surface area contributed by atoms with Crippen molar-refractivity contribution in [3.8, 4) is 0 Å². The zero-order chi connectivity index (χ0) is 8.72. The van der Waals surface area contributed by atoms with Gasteiger partial charge in [0, 0.05) is 31.3 Å². The first-order valence-corrected chi connectivity index (χ1v) is 4.52. The monoisotopic (exact) mass is 167 g/mol. The second-order valence-corrected chi connectivity index (χ2v) is 3.70. The minimum absolute atomic E-state index is 0.0743.